The van der Waals surface area contributed by atoms with E-state index in [-0.39, 0.29) is 35.6 Å². The van der Waals surface area contributed by atoms with Crippen LogP contribution in [0.25, 0.3) is 0 Å². The molecule has 1 atom stereocenters. The normalized spacial score (nSPS) is 19.2. The summed E-state index contributed by atoms with van der Waals surface area (Å²) in [6.45, 7) is 3.42. The Bertz CT molecular complexity index is 692. The second kappa shape index (κ2) is 10.2. The zero-order valence-electron chi connectivity index (χ0n) is 15.0. The van der Waals surface area contributed by atoms with Crippen molar-refractivity contribution in [1.82, 2.24) is 10.6 Å². The summed E-state index contributed by atoms with van der Waals surface area (Å²) in [4.78, 5) is 4.19. The van der Waals surface area contributed by atoms with Gasteiger partial charge in [-0.25, -0.2) is 8.42 Å². The number of aryl methyl sites for hydroxylation is 1. The Morgan fingerprint density at radius 2 is 2.12 bits per heavy atom. The minimum absolute atomic E-state index is 0. The first-order chi connectivity index (χ1) is 11.4. The number of rotatable bonds is 6. The van der Waals surface area contributed by atoms with Crippen LogP contribution in [0.5, 0.6) is 5.75 Å². The minimum atomic E-state index is -2.83. The molecule has 1 saturated heterocycles. The number of benzene rings is 1. The van der Waals surface area contributed by atoms with E-state index >= 15 is 0 Å². The van der Waals surface area contributed by atoms with Gasteiger partial charge < -0.3 is 15.4 Å². The van der Waals surface area contributed by atoms with Crippen molar-refractivity contribution >= 4 is 39.8 Å². The molecule has 0 aromatic heterocycles. The van der Waals surface area contributed by atoms with Crippen molar-refractivity contribution in [1.29, 1.82) is 0 Å². The first kappa shape index (κ1) is 22.0. The molecule has 1 aromatic carbocycles. The summed E-state index contributed by atoms with van der Waals surface area (Å²) in [5.74, 6) is 2.34. The van der Waals surface area contributed by atoms with Crippen molar-refractivity contribution in [2.75, 3.05) is 38.8 Å². The number of methoxy groups -OCH3 is 1. The molecule has 0 aliphatic carbocycles. The largest absolute Gasteiger partial charge is 0.496 e. The van der Waals surface area contributed by atoms with E-state index < -0.39 is 9.84 Å². The van der Waals surface area contributed by atoms with Crippen molar-refractivity contribution in [3.63, 3.8) is 0 Å². The van der Waals surface area contributed by atoms with Crippen LogP contribution in [0.4, 0.5) is 0 Å². The fraction of sp³-hybridized carbons (Fsp3) is 0.588. The molecular weight excluding hydrogens is 453 g/mol. The molecule has 25 heavy (non-hydrogen) atoms. The highest BCUT2D eigenvalue weighted by molar-refractivity contribution is 14.0. The Labute approximate surface area is 167 Å². The SMILES string of the molecule is CN=C(NCCc1cc(C)ccc1OC)NCC1CCS(=O)(=O)C1.I. The predicted molar refractivity (Wildman–Crippen MR) is 113 cm³/mol. The van der Waals surface area contributed by atoms with Gasteiger partial charge in [-0.1, -0.05) is 17.7 Å². The van der Waals surface area contributed by atoms with Gasteiger partial charge in [0.15, 0.2) is 15.8 Å². The van der Waals surface area contributed by atoms with Gasteiger partial charge in [0.2, 0.25) is 0 Å². The molecule has 1 unspecified atom stereocenters. The Balaban J connectivity index is 0.00000312. The van der Waals surface area contributed by atoms with Gasteiger partial charge in [0, 0.05) is 20.1 Å². The van der Waals surface area contributed by atoms with Gasteiger partial charge >= 0.3 is 0 Å². The first-order valence-electron chi connectivity index (χ1n) is 8.22. The number of hydrogen-bond donors (Lipinski definition) is 2. The average Bonchev–Trinajstić information content (AvgIpc) is 2.90. The van der Waals surface area contributed by atoms with E-state index in [0.29, 0.717) is 18.3 Å². The number of guanidine groups is 1. The summed E-state index contributed by atoms with van der Waals surface area (Å²) < 4.78 is 28.4. The van der Waals surface area contributed by atoms with Gasteiger partial charge in [-0.2, -0.15) is 0 Å². The maximum absolute atomic E-state index is 11.5. The molecule has 8 heteroatoms. The maximum atomic E-state index is 11.5. The lowest BCUT2D eigenvalue weighted by molar-refractivity contribution is 0.409. The standard InChI is InChI=1S/C17H27N3O3S.HI/c1-13-4-5-16(23-3)15(10-13)6-8-19-17(18-2)20-11-14-7-9-24(21,22)12-14;/h4-5,10,14H,6-9,11-12H2,1-3H3,(H2,18,19,20);1H. The minimum Gasteiger partial charge on any atom is -0.496 e. The Morgan fingerprint density at radius 3 is 2.72 bits per heavy atom. The number of hydrogen-bond acceptors (Lipinski definition) is 4. The summed E-state index contributed by atoms with van der Waals surface area (Å²) in [6.07, 6.45) is 1.55. The molecule has 0 spiro atoms. The van der Waals surface area contributed by atoms with Crippen molar-refractivity contribution in [2.45, 2.75) is 19.8 Å². The highest BCUT2D eigenvalue weighted by Gasteiger charge is 2.27. The Kier molecular flexibility index (Phi) is 8.98. The van der Waals surface area contributed by atoms with Crippen molar-refractivity contribution in [3.8, 4) is 5.75 Å². The van der Waals surface area contributed by atoms with Gasteiger partial charge in [-0.3, -0.25) is 4.99 Å². The molecule has 1 heterocycles. The maximum Gasteiger partial charge on any atom is 0.190 e. The van der Waals surface area contributed by atoms with E-state index in [1.807, 2.05) is 12.1 Å². The molecule has 0 bridgehead atoms. The molecule has 6 nitrogen and oxygen atoms in total. The molecule has 1 aromatic rings. The molecule has 1 fully saturated rings. The summed E-state index contributed by atoms with van der Waals surface area (Å²) in [6, 6.07) is 6.14. The predicted octanol–water partition coefficient (Wildman–Crippen LogP) is 1.76. The highest BCUT2D eigenvalue weighted by atomic mass is 127. The monoisotopic (exact) mass is 481 g/mol. The summed E-state index contributed by atoms with van der Waals surface area (Å²) in [5, 5.41) is 6.49. The van der Waals surface area contributed by atoms with Gasteiger partial charge in [0.1, 0.15) is 5.75 Å². The Hall–Kier alpha value is -1.03. The molecule has 0 saturated carbocycles. The van der Waals surface area contributed by atoms with E-state index in [0.717, 1.165) is 30.7 Å². The topological polar surface area (TPSA) is 79.8 Å². The van der Waals surface area contributed by atoms with Gasteiger partial charge in [-0.05, 0) is 37.3 Å². The van der Waals surface area contributed by atoms with Crippen molar-refractivity contribution in [2.24, 2.45) is 10.9 Å². The van der Waals surface area contributed by atoms with E-state index in [1.54, 1.807) is 14.2 Å². The fourth-order valence-electron chi connectivity index (χ4n) is 2.91. The van der Waals surface area contributed by atoms with Crippen LogP contribution in [0.3, 0.4) is 0 Å². The fourth-order valence-corrected chi connectivity index (χ4v) is 4.77. The molecule has 0 radical (unpaired) electrons. The van der Waals surface area contributed by atoms with E-state index in [1.165, 1.54) is 5.56 Å². The second-order valence-electron chi connectivity index (χ2n) is 6.21. The molecular formula is C17H28IN3O3S. The lowest BCUT2D eigenvalue weighted by Crippen LogP contribution is -2.40. The average molecular weight is 481 g/mol. The van der Waals surface area contributed by atoms with Crippen LogP contribution in [0.15, 0.2) is 23.2 Å². The third kappa shape index (κ3) is 7.01. The van der Waals surface area contributed by atoms with E-state index in [4.69, 9.17) is 4.74 Å². The van der Waals surface area contributed by atoms with Gasteiger partial charge in [0.05, 0.1) is 18.6 Å². The molecule has 2 N–H and O–H groups in total. The smallest absolute Gasteiger partial charge is 0.190 e. The number of halogens is 1. The third-order valence-corrected chi connectivity index (χ3v) is 6.07. The van der Waals surface area contributed by atoms with Gasteiger partial charge in [-0.15, -0.1) is 24.0 Å². The molecule has 0 amide bonds. The zero-order valence-corrected chi connectivity index (χ0v) is 18.2. The first-order valence-corrected chi connectivity index (χ1v) is 10.0. The number of sulfone groups is 1. The van der Waals surface area contributed by atoms with E-state index in [2.05, 4.69) is 28.6 Å². The van der Waals surface area contributed by atoms with Crippen LogP contribution >= 0.6 is 24.0 Å². The Morgan fingerprint density at radius 1 is 1.36 bits per heavy atom. The lowest BCUT2D eigenvalue weighted by Gasteiger charge is -2.15. The van der Waals surface area contributed by atoms with E-state index in [9.17, 15) is 8.42 Å². The van der Waals surface area contributed by atoms with Crippen LogP contribution in [0, 0.1) is 12.8 Å². The molecule has 2 rings (SSSR count). The van der Waals surface area contributed by atoms with Crippen LogP contribution in [0.1, 0.15) is 17.5 Å². The van der Waals surface area contributed by atoms with Crippen LogP contribution in [-0.4, -0.2) is 53.1 Å². The lowest BCUT2D eigenvalue weighted by atomic mass is 10.1. The second-order valence-corrected chi connectivity index (χ2v) is 8.44. The summed E-state index contributed by atoms with van der Waals surface area (Å²) in [7, 11) is 0.566. The van der Waals surface area contributed by atoms with Crippen LogP contribution in [0.2, 0.25) is 0 Å². The van der Waals surface area contributed by atoms with Crippen LogP contribution < -0.4 is 15.4 Å². The van der Waals surface area contributed by atoms with Gasteiger partial charge in [0.25, 0.3) is 0 Å². The highest BCUT2D eigenvalue weighted by Crippen LogP contribution is 2.20. The quantitative estimate of drug-likeness (QED) is 0.368. The molecule has 1 aliphatic rings. The zero-order chi connectivity index (χ0) is 17.6. The summed E-state index contributed by atoms with van der Waals surface area (Å²) >= 11 is 0. The summed E-state index contributed by atoms with van der Waals surface area (Å²) in [5.41, 5.74) is 2.36. The molecule has 1 aliphatic heterocycles. The number of aliphatic imine (C=N–C) groups is 1. The van der Waals surface area contributed by atoms with Crippen LogP contribution in [-0.2, 0) is 16.3 Å². The number of nitrogens with one attached hydrogen (secondary N) is 2. The van der Waals surface area contributed by atoms with Crippen molar-refractivity contribution < 1.29 is 13.2 Å². The van der Waals surface area contributed by atoms with Crippen molar-refractivity contribution in [3.05, 3.63) is 29.3 Å². The third-order valence-electron chi connectivity index (χ3n) is 4.23. The molecule has 142 valence electrons. The number of nitrogens with zero attached hydrogens (tertiary/aromatic N) is 1. The number of ether oxygens (including phenoxy) is 1.